The van der Waals surface area contributed by atoms with E-state index in [-0.39, 0.29) is 62.1 Å². The molecule has 2 aromatic rings. The van der Waals surface area contributed by atoms with Crippen molar-refractivity contribution in [1.29, 1.82) is 0 Å². The van der Waals surface area contributed by atoms with Crippen LogP contribution >= 0.6 is 27.5 Å². The third-order valence-corrected chi connectivity index (χ3v) is 5.56. The first-order valence-electron chi connectivity index (χ1n) is 6.70. The van der Waals surface area contributed by atoms with Gasteiger partial charge in [-0.15, -0.1) is 0 Å². The van der Waals surface area contributed by atoms with Gasteiger partial charge in [0.25, 0.3) is 0 Å². The van der Waals surface area contributed by atoms with Crippen LogP contribution in [0.4, 0.5) is 10.5 Å². The molecule has 2 amide bonds. The van der Waals surface area contributed by atoms with Crippen LogP contribution in [0.2, 0.25) is 5.02 Å². The van der Waals surface area contributed by atoms with E-state index in [1.807, 2.05) is 24.3 Å². The SMILES string of the molecule is Brc1[c-]cccc1.CN(C)S(=O)(=O)c1c(Cl)ccc(NC(N)=O)c1O.[K+]. The molecule has 0 saturated carbocycles. The number of nitrogens with two attached hydrogens (primary N) is 1. The van der Waals surface area contributed by atoms with Gasteiger partial charge < -0.3 is 16.2 Å². The fourth-order valence-corrected chi connectivity index (χ4v) is 3.34. The average molecular weight is 489 g/mol. The summed E-state index contributed by atoms with van der Waals surface area (Å²) in [5, 5.41) is 11.8. The Kier molecular flexibility index (Phi) is 11.5. The Morgan fingerprint density at radius 1 is 1.31 bits per heavy atom. The second-order valence-corrected chi connectivity index (χ2v) is 8.11. The van der Waals surface area contributed by atoms with E-state index in [0.29, 0.717) is 0 Å². The van der Waals surface area contributed by atoms with Crippen LogP contribution < -0.4 is 62.4 Å². The van der Waals surface area contributed by atoms with Crippen LogP contribution in [-0.2, 0) is 10.0 Å². The van der Waals surface area contributed by atoms with E-state index in [2.05, 4.69) is 27.3 Å². The number of anilines is 1. The van der Waals surface area contributed by atoms with E-state index in [4.69, 9.17) is 17.3 Å². The summed E-state index contributed by atoms with van der Waals surface area (Å²) in [4.78, 5) is 10.2. The van der Waals surface area contributed by atoms with Gasteiger partial charge in [-0.05, 0) is 12.1 Å². The molecule has 11 heteroatoms. The number of halogens is 2. The van der Waals surface area contributed by atoms with Gasteiger partial charge in [-0.25, -0.2) is 17.5 Å². The van der Waals surface area contributed by atoms with Crippen molar-refractivity contribution in [2.75, 3.05) is 19.4 Å². The van der Waals surface area contributed by atoms with Gasteiger partial charge in [0.15, 0.2) is 5.75 Å². The standard InChI is InChI=1S/C9H12ClN3O4S.C6H4Br.K/c1-13(2)18(16,17)8-5(10)3-4-6(7(8)14)12-9(11)15;7-6-4-2-1-3-5-6;/h3-4,14H,1-2H3,(H3,11,12,15);1-4H;/q;-1;+1. The van der Waals surface area contributed by atoms with Crippen molar-refractivity contribution in [3.63, 3.8) is 0 Å². The third kappa shape index (κ3) is 7.45. The molecule has 0 atom stereocenters. The van der Waals surface area contributed by atoms with Crippen LogP contribution in [0.15, 0.2) is 45.8 Å². The number of benzene rings is 2. The molecule has 0 aromatic heterocycles. The number of rotatable bonds is 3. The predicted molar refractivity (Wildman–Crippen MR) is 100 cm³/mol. The largest absolute Gasteiger partial charge is 1.00 e. The summed E-state index contributed by atoms with van der Waals surface area (Å²) < 4.78 is 25.8. The molecular formula is C15H16BrClKN3O4S. The number of urea groups is 1. The van der Waals surface area contributed by atoms with Crippen LogP contribution in [0.5, 0.6) is 5.75 Å². The minimum Gasteiger partial charge on any atom is -0.504 e. The molecule has 0 heterocycles. The van der Waals surface area contributed by atoms with Crippen molar-refractivity contribution in [3.8, 4) is 5.75 Å². The van der Waals surface area contributed by atoms with Crippen LogP contribution in [0.1, 0.15) is 0 Å². The summed E-state index contributed by atoms with van der Waals surface area (Å²) in [6.07, 6.45) is 0. The first-order valence-corrected chi connectivity index (χ1v) is 9.31. The minimum absolute atomic E-state index is 0. The van der Waals surface area contributed by atoms with Gasteiger partial charge in [0.05, 0.1) is 10.7 Å². The topological polar surface area (TPSA) is 113 Å². The zero-order valence-corrected chi connectivity index (χ0v) is 20.6. The summed E-state index contributed by atoms with van der Waals surface area (Å²) in [5.74, 6) is -0.657. The molecule has 136 valence electrons. The Labute approximate surface area is 208 Å². The van der Waals surface area contributed by atoms with Gasteiger partial charge in [-0.3, -0.25) is 0 Å². The maximum absolute atomic E-state index is 11.9. The van der Waals surface area contributed by atoms with Crippen molar-refractivity contribution in [3.05, 3.63) is 52.0 Å². The van der Waals surface area contributed by atoms with Gasteiger partial charge in [0.2, 0.25) is 10.0 Å². The van der Waals surface area contributed by atoms with Gasteiger partial charge in [0.1, 0.15) is 4.90 Å². The number of hydrogen-bond donors (Lipinski definition) is 3. The summed E-state index contributed by atoms with van der Waals surface area (Å²) >= 11 is 9.01. The van der Waals surface area contributed by atoms with Crippen LogP contribution in [-0.4, -0.2) is 38.0 Å². The molecule has 0 aliphatic heterocycles. The number of aromatic hydroxyl groups is 1. The van der Waals surface area contributed by atoms with E-state index < -0.39 is 26.7 Å². The number of nitrogens with zero attached hydrogens (tertiary/aromatic N) is 1. The van der Waals surface area contributed by atoms with Crippen molar-refractivity contribution in [2.24, 2.45) is 5.73 Å². The fraction of sp³-hybridized carbons (Fsp3) is 0.133. The van der Waals surface area contributed by atoms with Gasteiger partial charge >= 0.3 is 57.4 Å². The maximum Gasteiger partial charge on any atom is 1.00 e. The van der Waals surface area contributed by atoms with Crippen LogP contribution in [0, 0.1) is 6.07 Å². The quantitative estimate of drug-likeness (QED) is 0.322. The molecule has 26 heavy (non-hydrogen) atoms. The van der Waals surface area contributed by atoms with Crippen molar-refractivity contribution < 1.29 is 69.7 Å². The van der Waals surface area contributed by atoms with E-state index >= 15 is 0 Å². The molecule has 7 nitrogen and oxygen atoms in total. The molecule has 0 aliphatic rings. The predicted octanol–water partition coefficient (Wildman–Crippen LogP) is 0.0398. The fourth-order valence-electron chi connectivity index (χ4n) is 1.58. The number of hydrogen-bond acceptors (Lipinski definition) is 4. The number of phenolic OH excluding ortho intramolecular Hbond substituents is 1. The monoisotopic (exact) mass is 487 g/mol. The number of carbonyl (C=O) groups is 1. The summed E-state index contributed by atoms with van der Waals surface area (Å²) in [5.41, 5.74) is 4.76. The van der Waals surface area contributed by atoms with E-state index in [9.17, 15) is 18.3 Å². The number of amides is 2. The maximum atomic E-state index is 11.9. The number of carbonyl (C=O) groups excluding carboxylic acids is 1. The molecule has 0 aliphatic carbocycles. The van der Waals surface area contributed by atoms with Gasteiger partial charge in [0, 0.05) is 14.1 Å². The Hall–Kier alpha value is -0.174. The molecule has 0 fully saturated rings. The first kappa shape index (κ1) is 25.8. The van der Waals surface area contributed by atoms with Gasteiger partial charge in [-0.2, -0.15) is 30.3 Å². The zero-order chi connectivity index (χ0) is 19.2. The minimum atomic E-state index is -3.94. The summed E-state index contributed by atoms with van der Waals surface area (Å²) in [7, 11) is -1.36. The smallest absolute Gasteiger partial charge is 0.504 e. The molecule has 0 unspecified atom stereocenters. The number of sulfonamides is 1. The van der Waals surface area contributed by atoms with Crippen molar-refractivity contribution >= 4 is 49.3 Å². The number of nitrogens with one attached hydrogen (secondary N) is 1. The van der Waals surface area contributed by atoms with Crippen molar-refractivity contribution in [2.45, 2.75) is 4.90 Å². The number of primary amides is 1. The van der Waals surface area contributed by atoms with Crippen LogP contribution in [0.3, 0.4) is 0 Å². The van der Waals surface area contributed by atoms with E-state index in [1.54, 1.807) is 0 Å². The van der Waals surface area contributed by atoms with Crippen LogP contribution in [0.25, 0.3) is 0 Å². The molecule has 2 rings (SSSR count). The Morgan fingerprint density at radius 2 is 1.92 bits per heavy atom. The van der Waals surface area contributed by atoms with E-state index in [1.165, 1.54) is 26.2 Å². The van der Waals surface area contributed by atoms with E-state index in [0.717, 1.165) is 8.78 Å². The molecule has 0 radical (unpaired) electrons. The van der Waals surface area contributed by atoms with Crippen molar-refractivity contribution in [1.82, 2.24) is 4.31 Å². The second kappa shape index (κ2) is 11.6. The Morgan fingerprint density at radius 3 is 2.31 bits per heavy atom. The summed E-state index contributed by atoms with van der Waals surface area (Å²) in [6, 6.07) is 12.2. The average Bonchev–Trinajstić information content (AvgIpc) is 2.51. The molecule has 0 bridgehead atoms. The molecule has 0 spiro atoms. The number of phenols is 1. The zero-order valence-electron chi connectivity index (χ0n) is 14.3. The first-order chi connectivity index (χ1) is 11.6. The molecule has 4 N–H and O–H groups in total. The molecular weight excluding hydrogens is 473 g/mol. The summed E-state index contributed by atoms with van der Waals surface area (Å²) in [6.45, 7) is 0. The molecule has 2 aromatic carbocycles. The third-order valence-electron chi connectivity index (χ3n) is 2.75. The Bertz CT molecular complexity index is 851. The normalized spacial score (nSPS) is 10.3. The molecule has 0 saturated heterocycles. The Balaban J connectivity index is 0.000000655. The second-order valence-electron chi connectivity index (χ2n) is 4.76. The van der Waals surface area contributed by atoms with Gasteiger partial charge in [-0.1, -0.05) is 32.0 Å².